The van der Waals surface area contributed by atoms with Crippen LogP contribution >= 0.6 is 0 Å². The molecule has 0 aliphatic heterocycles. The maximum Gasteiger partial charge on any atom is 0.309 e. The molecule has 2 rings (SSSR count). The van der Waals surface area contributed by atoms with E-state index < -0.39 is 11.4 Å². The van der Waals surface area contributed by atoms with E-state index in [1.54, 1.807) is 20.0 Å². The molecule has 0 saturated heterocycles. The van der Waals surface area contributed by atoms with Crippen molar-refractivity contribution in [3.8, 4) is 0 Å². The van der Waals surface area contributed by atoms with Crippen LogP contribution in [0.3, 0.4) is 0 Å². The zero-order valence-corrected chi connectivity index (χ0v) is 9.97. The number of aromatic nitrogens is 1. The lowest BCUT2D eigenvalue weighted by Crippen LogP contribution is -2.26. The Balaban J connectivity index is 2.46. The van der Waals surface area contributed by atoms with Gasteiger partial charge in [0.2, 0.25) is 0 Å². The smallest absolute Gasteiger partial charge is 0.309 e. The number of hydrogen-bond donors (Lipinski definition) is 1. The molecule has 0 unspecified atom stereocenters. The van der Waals surface area contributed by atoms with Crippen LogP contribution in [0.15, 0.2) is 36.5 Å². The van der Waals surface area contributed by atoms with Gasteiger partial charge in [0.1, 0.15) is 0 Å². The van der Waals surface area contributed by atoms with E-state index in [-0.39, 0.29) is 0 Å². The predicted molar refractivity (Wildman–Crippen MR) is 66.9 cm³/mol. The van der Waals surface area contributed by atoms with Crippen molar-refractivity contribution in [2.45, 2.75) is 20.3 Å². The minimum atomic E-state index is -0.787. The highest BCUT2D eigenvalue weighted by Gasteiger charge is 2.28. The summed E-state index contributed by atoms with van der Waals surface area (Å²) >= 11 is 0. The average Bonchev–Trinajstić information content (AvgIpc) is 2.29. The Morgan fingerprint density at radius 3 is 2.71 bits per heavy atom. The third-order valence-electron chi connectivity index (χ3n) is 2.93. The van der Waals surface area contributed by atoms with Crippen LogP contribution in [-0.4, -0.2) is 16.1 Å². The highest BCUT2D eigenvalue weighted by Crippen LogP contribution is 2.26. The third kappa shape index (κ3) is 2.28. The molecule has 0 amide bonds. The van der Waals surface area contributed by atoms with Gasteiger partial charge in [-0.25, -0.2) is 0 Å². The Hall–Kier alpha value is -1.90. The number of carbonyl (C=O) groups is 1. The summed E-state index contributed by atoms with van der Waals surface area (Å²) in [4.78, 5) is 15.5. The van der Waals surface area contributed by atoms with E-state index in [0.29, 0.717) is 6.42 Å². The van der Waals surface area contributed by atoms with Crippen molar-refractivity contribution in [1.29, 1.82) is 0 Å². The quantitative estimate of drug-likeness (QED) is 0.880. The lowest BCUT2D eigenvalue weighted by atomic mass is 9.85. The van der Waals surface area contributed by atoms with Crippen molar-refractivity contribution in [3.05, 3.63) is 42.1 Å². The van der Waals surface area contributed by atoms with Gasteiger partial charge in [-0.2, -0.15) is 0 Å². The van der Waals surface area contributed by atoms with Crippen LogP contribution in [0.1, 0.15) is 19.4 Å². The normalized spacial score (nSPS) is 11.6. The molecule has 0 radical (unpaired) electrons. The first-order valence-electron chi connectivity index (χ1n) is 5.57. The van der Waals surface area contributed by atoms with Gasteiger partial charge in [0.05, 0.1) is 10.9 Å². The Morgan fingerprint density at radius 1 is 1.29 bits per heavy atom. The SMILES string of the molecule is CC(C)(Cc1cccc2cccnc12)C(=O)O. The second kappa shape index (κ2) is 4.17. The van der Waals surface area contributed by atoms with Crippen molar-refractivity contribution in [2.75, 3.05) is 0 Å². The zero-order valence-electron chi connectivity index (χ0n) is 9.97. The molecule has 1 aromatic heterocycles. The maximum atomic E-state index is 11.1. The first kappa shape index (κ1) is 11.6. The molecule has 2 aromatic rings. The molecule has 0 bridgehead atoms. The van der Waals surface area contributed by atoms with Gasteiger partial charge in [0, 0.05) is 11.6 Å². The Kier molecular flexibility index (Phi) is 2.84. The number of fused-ring (bicyclic) bond motifs is 1. The van der Waals surface area contributed by atoms with Gasteiger partial charge >= 0.3 is 5.97 Å². The second-order valence-corrected chi connectivity index (χ2v) is 4.86. The van der Waals surface area contributed by atoms with E-state index in [0.717, 1.165) is 16.5 Å². The minimum Gasteiger partial charge on any atom is -0.481 e. The molecule has 3 nitrogen and oxygen atoms in total. The van der Waals surface area contributed by atoms with E-state index in [1.807, 2.05) is 30.3 Å². The zero-order chi connectivity index (χ0) is 12.5. The summed E-state index contributed by atoms with van der Waals surface area (Å²) < 4.78 is 0. The van der Waals surface area contributed by atoms with Gasteiger partial charge in [-0.15, -0.1) is 0 Å². The van der Waals surface area contributed by atoms with E-state index in [1.165, 1.54) is 0 Å². The topological polar surface area (TPSA) is 50.2 Å². The molecule has 3 heteroatoms. The number of rotatable bonds is 3. The van der Waals surface area contributed by atoms with Gasteiger partial charge < -0.3 is 5.11 Å². The first-order chi connectivity index (χ1) is 8.00. The molecular formula is C14H15NO2. The van der Waals surface area contributed by atoms with Crippen LogP contribution in [0, 0.1) is 5.41 Å². The molecule has 1 aromatic carbocycles. The summed E-state index contributed by atoms with van der Waals surface area (Å²) in [6, 6.07) is 9.74. The summed E-state index contributed by atoms with van der Waals surface area (Å²) in [6.45, 7) is 3.47. The molecule has 17 heavy (non-hydrogen) atoms. The summed E-state index contributed by atoms with van der Waals surface area (Å²) in [6.07, 6.45) is 2.22. The Labute approximate surface area is 100 Å². The van der Waals surface area contributed by atoms with Crippen LogP contribution in [0.5, 0.6) is 0 Å². The number of para-hydroxylation sites is 1. The third-order valence-corrected chi connectivity index (χ3v) is 2.93. The number of nitrogens with zero attached hydrogens (tertiary/aromatic N) is 1. The lowest BCUT2D eigenvalue weighted by Gasteiger charge is -2.19. The number of carboxylic acid groups (broad SMARTS) is 1. The largest absolute Gasteiger partial charge is 0.481 e. The van der Waals surface area contributed by atoms with Gasteiger partial charge in [-0.1, -0.05) is 24.3 Å². The predicted octanol–water partition coefficient (Wildman–Crippen LogP) is 2.89. The monoisotopic (exact) mass is 229 g/mol. The highest BCUT2D eigenvalue weighted by atomic mass is 16.4. The number of carboxylic acids is 1. The van der Waals surface area contributed by atoms with Gasteiger partial charge in [-0.3, -0.25) is 9.78 Å². The van der Waals surface area contributed by atoms with Crippen molar-refractivity contribution >= 4 is 16.9 Å². The van der Waals surface area contributed by atoms with Gasteiger partial charge in [0.25, 0.3) is 0 Å². The summed E-state index contributed by atoms with van der Waals surface area (Å²) in [5.74, 6) is -0.787. The molecule has 0 saturated carbocycles. The van der Waals surface area contributed by atoms with Crippen LogP contribution in [0.4, 0.5) is 0 Å². The number of hydrogen-bond acceptors (Lipinski definition) is 2. The second-order valence-electron chi connectivity index (χ2n) is 4.86. The number of aliphatic carboxylic acids is 1. The molecule has 0 fully saturated rings. The fraction of sp³-hybridized carbons (Fsp3) is 0.286. The molecule has 1 N–H and O–H groups in total. The molecule has 0 aliphatic rings. The number of pyridine rings is 1. The standard InChI is InChI=1S/C14H15NO2/c1-14(2,13(16)17)9-11-6-3-5-10-7-4-8-15-12(10)11/h3-8H,9H2,1-2H3,(H,16,17). The average molecular weight is 229 g/mol. The summed E-state index contributed by atoms with van der Waals surface area (Å²) in [5, 5.41) is 10.2. The van der Waals surface area contributed by atoms with Gasteiger partial charge in [0.15, 0.2) is 0 Å². The first-order valence-corrected chi connectivity index (χ1v) is 5.57. The molecule has 1 heterocycles. The molecular weight excluding hydrogens is 214 g/mol. The molecule has 88 valence electrons. The van der Waals surface area contributed by atoms with Crippen LogP contribution in [-0.2, 0) is 11.2 Å². The van der Waals surface area contributed by atoms with Crippen molar-refractivity contribution < 1.29 is 9.90 Å². The highest BCUT2D eigenvalue weighted by molar-refractivity contribution is 5.82. The van der Waals surface area contributed by atoms with E-state index in [4.69, 9.17) is 5.11 Å². The molecule has 0 aliphatic carbocycles. The fourth-order valence-electron chi connectivity index (χ4n) is 1.86. The minimum absolute atomic E-state index is 0.483. The Bertz CT molecular complexity index is 556. The number of benzene rings is 1. The van der Waals surface area contributed by atoms with E-state index >= 15 is 0 Å². The summed E-state index contributed by atoms with van der Waals surface area (Å²) in [5.41, 5.74) is 1.10. The Morgan fingerprint density at radius 2 is 2.00 bits per heavy atom. The maximum absolute atomic E-state index is 11.1. The van der Waals surface area contributed by atoms with Crippen molar-refractivity contribution in [1.82, 2.24) is 4.98 Å². The lowest BCUT2D eigenvalue weighted by molar-refractivity contribution is -0.146. The van der Waals surface area contributed by atoms with Crippen molar-refractivity contribution in [3.63, 3.8) is 0 Å². The summed E-state index contributed by atoms with van der Waals surface area (Å²) in [7, 11) is 0. The van der Waals surface area contributed by atoms with Crippen LogP contribution in [0.25, 0.3) is 10.9 Å². The molecule has 0 atom stereocenters. The van der Waals surface area contributed by atoms with Crippen molar-refractivity contribution in [2.24, 2.45) is 5.41 Å². The van der Waals surface area contributed by atoms with E-state index in [9.17, 15) is 4.79 Å². The van der Waals surface area contributed by atoms with E-state index in [2.05, 4.69) is 4.98 Å². The van der Waals surface area contributed by atoms with Crippen LogP contribution < -0.4 is 0 Å². The van der Waals surface area contributed by atoms with Crippen LogP contribution in [0.2, 0.25) is 0 Å². The fourth-order valence-corrected chi connectivity index (χ4v) is 1.86. The molecule has 0 spiro atoms. The van der Waals surface area contributed by atoms with Gasteiger partial charge in [-0.05, 0) is 31.9 Å².